The number of fused-ring (bicyclic) bond motifs is 1. The lowest BCUT2D eigenvalue weighted by atomic mass is 10.1. The third-order valence-corrected chi connectivity index (χ3v) is 7.16. The average molecular weight is 482 g/mol. The molecule has 0 radical (unpaired) electrons. The first-order valence-electron chi connectivity index (χ1n) is 13.7. The molecule has 0 bridgehead atoms. The molecule has 0 unspecified atom stereocenters. The van der Waals surface area contributed by atoms with Gasteiger partial charge in [0.25, 0.3) is 0 Å². The fourth-order valence-electron chi connectivity index (χ4n) is 5.05. The Bertz CT molecular complexity index is 1190. The summed E-state index contributed by atoms with van der Waals surface area (Å²) in [6.45, 7) is 5.60. The number of unbranched alkanes of at least 4 members (excludes halogenated alkanes) is 2. The summed E-state index contributed by atoms with van der Waals surface area (Å²) in [5.41, 5.74) is 6.94. The van der Waals surface area contributed by atoms with E-state index in [9.17, 15) is 0 Å². The minimum Gasteiger partial charge on any atom is -0.385 e. The molecule has 0 amide bonds. The van der Waals surface area contributed by atoms with Crippen LogP contribution in [0.2, 0.25) is 0 Å². The highest BCUT2D eigenvalue weighted by molar-refractivity contribution is 5.82. The van der Waals surface area contributed by atoms with Gasteiger partial charge in [-0.25, -0.2) is 4.98 Å². The number of aromatic nitrogens is 2. The Morgan fingerprint density at radius 1 is 0.750 bits per heavy atom. The summed E-state index contributed by atoms with van der Waals surface area (Å²) >= 11 is 0. The quantitative estimate of drug-likeness (QED) is 0.192. The molecule has 5 rings (SSSR count). The maximum atomic E-state index is 4.82. The highest BCUT2D eigenvalue weighted by atomic mass is 15.1. The van der Waals surface area contributed by atoms with Gasteiger partial charge in [-0.05, 0) is 93.2 Å². The minimum absolute atomic E-state index is 0.919. The Hall–Kier alpha value is -3.31. The van der Waals surface area contributed by atoms with Gasteiger partial charge < -0.3 is 20.5 Å². The van der Waals surface area contributed by atoms with Gasteiger partial charge in [0.2, 0.25) is 0 Å². The van der Waals surface area contributed by atoms with Crippen LogP contribution in [0.5, 0.6) is 0 Å². The van der Waals surface area contributed by atoms with Crippen molar-refractivity contribution in [3.63, 3.8) is 0 Å². The van der Waals surface area contributed by atoms with Crippen LogP contribution in [0.15, 0.2) is 72.8 Å². The molecule has 0 atom stereocenters. The number of hydrogen-bond acceptors (Lipinski definition) is 4. The maximum absolute atomic E-state index is 4.82. The van der Waals surface area contributed by atoms with E-state index in [-0.39, 0.29) is 0 Å². The third-order valence-electron chi connectivity index (χ3n) is 7.16. The van der Waals surface area contributed by atoms with Crippen molar-refractivity contribution in [1.82, 2.24) is 14.9 Å². The van der Waals surface area contributed by atoms with Gasteiger partial charge in [0.15, 0.2) is 0 Å². The first-order chi connectivity index (χ1) is 17.8. The van der Waals surface area contributed by atoms with Gasteiger partial charge in [0.05, 0.1) is 11.0 Å². The van der Waals surface area contributed by atoms with E-state index in [1.807, 2.05) is 0 Å². The SMILES string of the molecule is c1ccc(CCCCCNc2ccc3nc(-c4ccc(NCCN5CCCCC5)cc4)[nH]c3c2)cc1. The standard InChI is InChI=1S/C31H39N5/c1-4-10-25(11-5-1)12-6-2-7-19-32-28-17-18-29-30(24-28)35-31(34-29)26-13-15-27(16-14-26)33-20-23-36-21-8-3-9-22-36/h1,4-5,10-11,13-18,24,32-33H,2-3,6-9,12,19-23H2,(H,34,35). The highest BCUT2D eigenvalue weighted by Crippen LogP contribution is 2.24. The van der Waals surface area contributed by atoms with Crippen LogP contribution < -0.4 is 10.6 Å². The molecule has 0 saturated carbocycles. The van der Waals surface area contributed by atoms with Crippen molar-refractivity contribution in [3.05, 3.63) is 78.4 Å². The summed E-state index contributed by atoms with van der Waals surface area (Å²) in [5, 5.41) is 7.14. The molecule has 0 spiro atoms. The molecule has 36 heavy (non-hydrogen) atoms. The molecular weight excluding hydrogens is 442 g/mol. The second kappa shape index (κ2) is 12.6. The number of piperidine rings is 1. The molecule has 1 aromatic heterocycles. The molecule has 1 fully saturated rings. The van der Waals surface area contributed by atoms with Crippen LogP contribution in [0.3, 0.4) is 0 Å². The van der Waals surface area contributed by atoms with Crippen molar-refractivity contribution in [3.8, 4) is 11.4 Å². The number of imidazole rings is 1. The summed E-state index contributed by atoms with van der Waals surface area (Å²) < 4.78 is 0. The fraction of sp³-hybridized carbons (Fsp3) is 0.387. The van der Waals surface area contributed by atoms with Crippen LogP contribution >= 0.6 is 0 Å². The smallest absolute Gasteiger partial charge is 0.138 e. The fourth-order valence-corrected chi connectivity index (χ4v) is 5.05. The zero-order valence-corrected chi connectivity index (χ0v) is 21.3. The summed E-state index contributed by atoms with van der Waals surface area (Å²) in [6, 6.07) is 25.8. The Kier molecular flexibility index (Phi) is 8.53. The van der Waals surface area contributed by atoms with Crippen molar-refractivity contribution < 1.29 is 0 Å². The summed E-state index contributed by atoms with van der Waals surface area (Å²) in [6.07, 6.45) is 8.90. The number of H-pyrrole nitrogens is 1. The molecule has 4 aromatic rings. The third kappa shape index (κ3) is 6.88. The van der Waals surface area contributed by atoms with E-state index in [0.717, 1.165) is 47.7 Å². The van der Waals surface area contributed by atoms with Crippen LogP contribution in [-0.2, 0) is 6.42 Å². The number of aryl methyl sites for hydroxylation is 1. The highest BCUT2D eigenvalue weighted by Gasteiger charge is 2.09. The summed E-state index contributed by atoms with van der Waals surface area (Å²) in [7, 11) is 0. The largest absolute Gasteiger partial charge is 0.385 e. The maximum Gasteiger partial charge on any atom is 0.138 e. The zero-order valence-electron chi connectivity index (χ0n) is 21.3. The van der Waals surface area contributed by atoms with E-state index in [4.69, 9.17) is 4.98 Å². The van der Waals surface area contributed by atoms with Gasteiger partial charge in [-0.1, -0.05) is 43.2 Å². The lowest BCUT2D eigenvalue weighted by Gasteiger charge is -2.26. The lowest BCUT2D eigenvalue weighted by molar-refractivity contribution is 0.237. The van der Waals surface area contributed by atoms with Crippen LogP contribution in [0, 0.1) is 0 Å². The second-order valence-corrected chi connectivity index (χ2v) is 9.95. The van der Waals surface area contributed by atoms with E-state index in [2.05, 4.69) is 93.3 Å². The number of nitrogens with one attached hydrogen (secondary N) is 3. The molecule has 1 saturated heterocycles. The summed E-state index contributed by atoms with van der Waals surface area (Å²) in [5.74, 6) is 0.919. The number of hydrogen-bond donors (Lipinski definition) is 3. The zero-order chi connectivity index (χ0) is 24.4. The summed E-state index contributed by atoms with van der Waals surface area (Å²) in [4.78, 5) is 10.9. The molecule has 1 aliphatic rings. The van der Waals surface area contributed by atoms with E-state index < -0.39 is 0 Å². The first kappa shape index (κ1) is 24.4. The molecule has 188 valence electrons. The van der Waals surface area contributed by atoms with E-state index >= 15 is 0 Å². The lowest BCUT2D eigenvalue weighted by Crippen LogP contribution is -2.33. The number of anilines is 2. The van der Waals surface area contributed by atoms with Crippen LogP contribution in [0.1, 0.15) is 44.1 Å². The van der Waals surface area contributed by atoms with Crippen molar-refractivity contribution in [2.75, 3.05) is 43.4 Å². The minimum atomic E-state index is 0.919. The van der Waals surface area contributed by atoms with E-state index in [0.29, 0.717) is 0 Å². The molecule has 5 heteroatoms. The predicted molar refractivity (Wildman–Crippen MR) is 153 cm³/mol. The first-order valence-corrected chi connectivity index (χ1v) is 13.7. The van der Waals surface area contributed by atoms with Gasteiger partial charge in [-0.2, -0.15) is 0 Å². The monoisotopic (exact) mass is 481 g/mol. The molecular formula is C31H39N5. The van der Waals surface area contributed by atoms with Crippen molar-refractivity contribution in [2.45, 2.75) is 44.9 Å². The average Bonchev–Trinajstić information content (AvgIpc) is 3.36. The second-order valence-electron chi connectivity index (χ2n) is 9.95. The Balaban J connectivity index is 1.08. The number of aromatic amines is 1. The van der Waals surface area contributed by atoms with E-state index in [1.165, 1.54) is 69.3 Å². The van der Waals surface area contributed by atoms with E-state index in [1.54, 1.807) is 0 Å². The Morgan fingerprint density at radius 3 is 2.36 bits per heavy atom. The Labute approximate surface area is 215 Å². The Morgan fingerprint density at radius 2 is 1.53 bits per heavy atom. The van der Waals surface area contributed by atoms with Crippen LogP contribution in [0.25, 0.3) is 22.4 Å². The number of rotatable bonds is 12. The normalized spacial score (nSPS) is 14.2. The topological polar surface area (TPSA) is 56.0 Å². The van der Waals surface area contributed by atoms with Crippen LogP contribution in [-0.4, -0.2) is 47.6 Å². The van der Waals surface area contributed by atoms with Crippen molar-refractivity contribution >= 4 is 22.4 Å². The molecule has 1 aliphatic heterocycles. The van der Waals surface area contributed by atoms with Gasteiger partial charge >= 0.3 is 0 Å². The number of nitrogens with zero attached hydrogens (tertiary/aromatic N) is 2. The molecule has 3 aromatic carbocycles. The number of likely N-dealkylation sites (tertiary alicyclic amines) is 1. The number of benzene rings is 3. The molecule has 3 N–H and O–H groups in total. The van der Waals surface area contributed by atoms with Crippen molar-refractivity contribution in [2.24, 2.45) is 0 Å². The van der Waals surface area contributed by atoms with Gasteiger partial charge in [0, 0.05) is 36.6 Å². The molecule has 2 heterocycles. The van der Waals surface area contributed by atoms with Crippen LogP contribution in [0.4, 0.5) is 11.4 Å². The van der Waals surface area contributed by atoms with Gasteiger partial charge in [-0.15, -0.1) is 0 Å². The van der Waals surface area contributed by atoms with Gasteiger partial charge in [-0.3, -0.25) is 0 Å². The molecule has 5 nitrogen and oxygen atoms in total. The van der Waals surface area contributed by atoms with Gasteiger partial charge in [0.1, 0.15) is 5.82 Å². The molecule has 0 aliphatic carbocycles. The van der Waals surface area contributed by atoms with Crippen molar-refractivity contribution in [1.29, 1.82) is 0 Å². The predicted octanol–water partition coefficient (Wildman–Crippen LogP) is 6.95.